The van der Waals surface area contributed by atoms with Crippen molar-refractivity contribution in [2.24, 2.45) is 0 Å². The number of fused-ring (bicyclic) bond motifs is 1. The van der Waals surface area contributed by atoms with E-state index in [1.807, 2.05) is 30.3 Å². The van der Waals surface area contributed by atoms with Gasteiger partial charge in [-0.3, -0.25) is 0 Å². The summed E-state index contributed by atoms with van der Waals surface area (Å²) in [5, 5.41) is 0.800. The van der Waals surface area contributed by atoms with E-state index in [4.69, 9.17) is 16.3 Å². The van der Waals surface area contributed by atoms with Gasteiger partial charge >= 0.3 is 5.97 Å². The van der Waals surface area contributed by atoms with Crippen molar-refractivity contribution in [1.82, 2.24) is 0 Å². The smallest absolute Gasteiger partial charge is 0.337 e. The summed E-state index contributed by atoms with van der Waals surface area (Å²) in [6.45, 7) is 0. The molecule has 2 nitrogen and oxygen atoms in total. The number of carbonyl (C=O) groups is 1. The van der Waals surface area contributed by atoms with Gasteiger partial charge in [0.05, 0.1) is 12.7 Å². The van der Waals surface area contributed by atoms with E-state index in [0.717, 1.165) is 24.3 Å². The molecule has 1 aliphatic carbocycles. The molecule has 0 radical (unpaired) electrons. The topological polar surface area (TPSA) is 26.3 Å². The van der Waals surface area contributed by atoms with Crippen molar-refractivity contribution in [3.63, 3.8) is 0 Å². The van der Waals surface area contributed by atoms with Gasteiger partial charge in [0.25, 0.3) is 0 Å². The first kappa shape index (κ1) is 14.9. The Kier molecular flexibility index (Phi) is 4.30. The minimum absolute atomic E-state index is 0.297. The maximum Gasteiger partial charge on any atom is 0.337 e. The molecular formula is C19H17ClO2. The molecule has 0 saturated heterocycles. The molecule has 0 bridgehead atoms. The van der Waals surface area contributed by atoms with Crippen LogP contribution in [0.5, 0.6) is 0 Å². The fraction of sp³-hybridized carbons (Fsp3) is 0.211. The van der Waals surface area contributed by atoms with Crippen molar-refractivity contribution in [2.45, 2.75) is 19.3 Å². The van der Waals surface area contributed by atoms with E-state index in [0.29, 0.717) is 5.56 Å². The lowest BCUT2D eigenvalue weighted by molar-refractivity contribution is 0.0600. The van der Waals surface area contributed by atoms with Crippen molar-refractivity contribution >= 4 is 23.6 Å². The molecule has 0 saturated carbocycles. The Bertz CT molecular complexity index is 730. The third-order valence-electron chi connectivity index (χ3n) is 3.99. The number of halogens is 1. The van der Waals surface area contributed by atoms with Crippen LogP contribution in [0.25, 0.3) is 6.08 Å². The lowest BCUT2D eigenvalue weighted by atomic mass is 9.89. The van der Waals surface area contributed by atoms with Gasteiger partial charge in [-0.1, -0.05) is 41.4 Å². The number of allylic oxidation sites excluding steroid dienone is 1. The number of hydrogen-bond acceptors (Lipinski definition) is 2. The zero-order valence-corrected chi connectivity index (χ0v) is 13.2. The molecule has 0 unspecified atom stereocenters. The van der Waals surface area contributed by atoms with Gasteiger partial charge in [0, 0.05) is 5.02 Å². The molecule has 0 spiro atoms. The third-order valence-corrected chi connectivity index (χ3v) is 4.22. The predicted molar refractivity (Wildman–Crippen MR) is 89.2 cm³/mol. The second-order valence-electron chi connectivity index (χ2n) is 5.51. The van der Waals surface area contributed by atoms with Gasteiger partial charge in [-0.2, -0.15) is 0 Å². The van der Waals surface area contributed by atoms with E-state index >= 15 is 0 Å². The van der Waals surface area contributed by atoms with Crippen LogP contribution in [0.1, 0.15) is 33.5 Å². The monoisotopic (exact) mass is 312 g/mol. The van der Waals surface area contributed by atoms with Crippen molar-refractivity contribution in [1.29, 1.82) is 0 Å². The summed E-state index contributed by atoms with van der Waals surface area (Å²) in [5.74, 6) is -0.297. The van der Waals surface area contributed by atoms with Crippen molar-refractivity contribution in [3.8, 4) is 0 Å². The lowest BCUT2D eigenvalue weighted by Gasteiger charge is -2.17. The average Bonchev–Trinajstić information content (AvgIpc) is 2.55. The standard InChI is InChI=1S/C19H17ClO2/c1-22-19(21)15-5-2-13(3-6-15)10-14-4-7-17-12-18(20)9-8-16(17)11-14/h2-3,5-6,8-9,11-12H,4,7,10H2,1H3. The third kappa shape index (κ3) is 3.23. The van der Waals surface area contributed by atoms with E-state index in [2.05, 4.69) is 18.2 Å². The van der Waals surface area contributed by atoms with Crippen LogP contribution in [-0.2, 0) is 17.6 Å². The number of esters is 1. The maximum atomic E-state index is 11.4. The average molecular weight is 313 g/mol. The largest absolute Gasteiger partial charge is 0.465 e. The van der Waals surface area contributed by atoms with Crippen LogP contribution in [-0.4, -0.2) is 13.1 Å². The second kappa shape index (κ2) is 6.37. The highest BCUT2D eigenvalue weighted by molar-refractivity contribution is 6.30. The van der Waals surface area contributed by atoms with E-state index < -0.39 is 0 Å². The lowest BCUT2D eigenvalue weighted by Crippen LogP contribution is -2.03. The maximum absolute atomic E-state index is 11.4. The van der Waals surface area contributed by atoms with E-state index in [-0.39, 0.29) is 5.97 Å². The number of carbonyl (C=O) groups excluding carboxylic acids is 1. The van der Waals surface area contributed by atoms with Gasteiger partial charge in [-0.05, 0) is 60.2 Å². The fourth-order valence-corrected chi connectivity index (χ4v) is 2.99. The van der Waals surface area contributed by atoms with Crippen molar-refractivity contribution in [3.05, 3.63) is 75.3 Å². The van der Waals surface area contributed by atoms with Gasteiger partial charge in [0.15, 0.2) is 0 Å². The Morgan fingerprint density at radius 3 is 2.64 bits per heavy atom. The predicted octanol–water partition coefficient (Wildman–Crippen LogP) is 4.70. The second-order valence-corrected chi connectivity index (χ2v) is 5.95. The number of methoxy groups -OCH3 is 1. The number of rotatable bonds is 3. The molecule has 0 aliphatic heterocycles. The minimum atomic E-state index is -0.297. The van der Waals surface area contributed by atoms with Crippen LogP contribution >= 0.6 is 11.6 Å². The Morgan fingerprint density at radius 2 is 1.91 bits per heavy atom. The molecule has 3 rings (SSSR count). The van der Waals surface area contributed by atoms with Gasteiger partial charge in [-0.25, -0.2) is 4.79 Å². The number of hydrogen-bond donors (Lipinski definition) is 0. The highest BCUT2D eigenvalue weighted by atomic mass is 35.5. The summed E-state index contributed by atoms with van der Waals surface area (Å²) in [5.41, 5.74) is 5.77. The van der Waals surface area contributed by atoms with Crippen LogP contribution in [0, 0.1) is 0 Å². The van der Waals surface area contributed by atoms with Crippen LogP contribution in [0.4, 0.5) is 0 Å². The summed E-state index contributed by atoms with van der Waals surface area (Å²) >= 11 is 6.04. The summed E-state index contributed by atoms with van der Waals surface area (Å²) < 4.78 is 4.71. The minimum Gasteiger partial charge on any atom is -0.465 e. The molecule has 0 heterocycles. The first-order valence-electron chi connectivity index (χ1n) is 7.31. The fourth-order valence-electron chi connectivity index (χ4n) is 2.80. The molecule has 0 N–H and O–H groups in total. The van der Waals surface area contributed by atoms with Crippen LogP contribution < -0.4 is 0 Å². The normalized spacial score (nSPS) is 13.3. The quantitative estimate of drug-likeness (QED) is 0.768. The molecule has 0 fully saturated rings. The Hall–Kier alpha value is -2.06. The Balaban J connectivity index is 1.76. The summed E-state index contributed by atoms with van der Waals surface area (Å²) in [7, 11) is 1.40. The zero-order chi connectivity index (χ0) is 15.5. The number of ether oxygens (including phenoxy) is 1. The molecular weight excluding hydrogens is 296 g/mol. The van der Waals surface area contributed by atoms with Crippen LogP contribution in [0.15, 0.2) is 48.0 Å². The molecule has 2 aromatic rings. The van der Waals surface area contributed by atoms with E-state index in [1.54, 1.807) is 0 Å². The highest BCUT2D eigenvalue weighted by Crippen LogP contribution is 2.28. The van der Waals surface area contributed by atoms with Gasteiger partial charge in [0.2, 0.25) is 0 Å². The molecule has 2 aromatic carbocycles. The van der Waals surface area contributed by atoms with Gasteiger partial charge in [0.1, 0.15) is 0 Å². The van der Waals surface area contributed by atoms with Crippen LogP contribution in [0.2, 0.25) is 5.02 Å². The molecule has 0 aromatic heterocycles. The van der Waals surface area contributed by atoms with E-state index in [9.17, 15) is 4.79 Å². The first-order valence-corrected chi connectivity index (χ1v) is 7.68. The summed E-state index contributed by atoms with van der Waals surface area (Å²) in [6.07, 6.45) is 5.24. The Labute approximate surface area is 135 Å². The summed E-state index contributed by atoms with van der Waals surface area (Å²) in [6, 6.07) is 13.7. The SMILES string of the molecule is COC(=O)c1ccc(CC2=Cc3ccc(Cl)cc3CC2)cc1. The van der Waals surface area contributed by atoms with Crippen molar-refractivity contribution < 1.29 is 9.53 Å². The molecule has 0 atom stereocenters. The van der Waals surface area contributed by atoms with Gasteiger partial charge in [-0.15, -0.1) is 0 Å². The first-order chi connectivity index (χ1) is 10.7. The highest BCUT2D eigenvalue weighted by Gasteiger charge is 2.12. The summed E-state index contributed by atoms with van der Waals surface area (Å²) in [4.78, 5) is 11.4. The number of benzene rings is 2. The zero-order valence-electron chi connectivity index (χ0n) is 12.4. The van der Waals surface area contributed by atoms with Gasteiger partial charge < -0.3 is 4.74 Å². The van der Waals surface area contributed by atoms with Crippen molar-refractivity contribution in [2.75, 3.05) is 7.11 Å². The molecule has 112 valence electrons. The number of aryl methyl sites for hydroxylation is 1. The van der Waals surface area contributed by atoms with Crippen LogP contribution in [0.3, 0.4) is 0 Å². The molecule has 3 heteroatoms. The van der Waals surface area contributed by atoms with E-state index in [1.165, 1.54) is 29.4 Å². The molecule has 1 aliphatic rings. The molecule has 22 heavy (non-hydrogen) atoms. The molecule has 0 amide bonds. The Morgan fingerprint density at radius 1 is 1.14 bits per heavy atom.